The summed E-state index contributed by atoms with van der Waals surface area (Å²) in [6.07, 6.45) is 7.72. The molecule has 1 N–H and O–H groups in total. The van der Waals surface area contributed by atoms with Gasteiger partial charge in [-0.05, 0) is 18.9 Å². The summed E-state index contributed by atoms with van der Waals surface area (Å²) in [5, 5.41) is 17.6. The summed E-state index contributed by atoms with van der Waals surface area (Å²) in [7, 11) is -3.12. The minimum absolute atomic E-state index is 0.190. The molecule has 1 aliphatic heterocycles. The Balaban J connectivity index is 1.46. The summed E-state index contributed by atoms with van der Waals surface area (Å²) in [5.74, 6) is 0. The van der Waals surface area contributed by atoms with E-state index in [1.54, 1.807) is 23.0 Å². The number of sulfonamides is 1. The molecule has 3 aromatic rings. The van der Waals surface area contributed by atoms with Crippen LogP contribution in [0.3, 0.4) is 0 Å². The first-order valence-corrected chi connectivity index (χ1v) is 11.0. The molecule has 0 radical (unpaired) electrons. The normalized spacial score (nSPS) is 16.4. The Bertz CT molecular complexity index is 1090. The fourth-order valence-corrected chi connectivity index (χ4v) is 4.78. The van der Waals surface area contributed by atoms with E-state index in [-0.39, 0.29) is 6.04 Å². The number of rotatable bonds is 4. The maximum absolute atomic E-state index is 11.6. The summed E-state index contributed by atoms with van der Waals surface area (Å²) in [6.45, 7) is 1.04. The lowest BCUT2D eigenvalue weighted by Gasteiger charge is -2.30. The molecular formula is C16H17N7O2S2. The highest BCUT2D eigenvalue weighted by Crippen LogP contribution is 2.26. The van der Waals surface area contributed by atoms with E-state index in [0.717, 1.165) is 28.5 Å². The standard InChI is InChI=1S/C16H17N7O2S2/c1-27(24,25)22-4-2-13(3-5-22)19-15-21-23-10-14(20-16(23)26-15)12-6-11(7-17)8-18-9-12/h6,8-10,13H,2-5H2,1H3,(H,19,21). The zero-order valence-corrected chi connectivity index (χ0v) is 16.2. The van der Waals surface area contributed by atoms with Crippen LogP contribution in [0.15, 0.2) is 24.7 Å². The zero-order chi connectivity index (χ0) is 19.0. The number of hydrogen-bond donors (Lipinski definition) is 1. The van der Waals surface area contributed by atoms with Crippen molar-refractivity contribution in [2.75, 3.05) is 24.7 Å². The molecule has 1 fully saturated rings. The van der Waals surface area contributed by atoms with Crippen LogP contribution >= 0.6 is 11.3 Å². The number of nitrogens with zero attached hydrogens (tertiary/aromatic N) is 6. The third kappa shape index (κ3) is 3.78. The molecule has 140 valence electrons. The predicted octanol–water partition coefficient (Wildman–Crippen LogP) is 1.56. The van der Waals surface area contributed by atoms with Gasteiger partial charge in [0.1, 0.15) is 6.07 Å². The van der Waals surface area contributed by atoms with E-state index in [2.05, 4.69) is 26.5 Å². The number of nitriles is 1. The van der Waals surface area contributed by atoms with Crippen LogP contribution in [0.2, 0.25) is 0 Å². The van der Waals surface area contributed by atoms with Crippen LogP contribution in [0.25, 0.3) is 16.2 Å². The third-order valence-electron chi connectivity index (χ3n) is 4.46. The lowest BCUT2D eigenvalue weighted by Crippen LogP contribution is -2.41. The summed E-state index contributed by atoms with van der Waals surface area (Å²) in [4.78, 5) is 9.35. The Morgan fingerprint density at radius 1 is 1.33 bits per heavy atom. The molecule has 1 saturated heterocycles. The molecule has 0 atom stereocenters. The van der Waals surface area contributed by atoms with Gasteiger partial charge in [-0.25, -0.2) is 22.2 Å². The highest BCUT2D eigenvalue weighted by molar-refractivity contribution is 7.88. The first kappa shape index (κ1) is 17.8. The molecule has 0 bridgehead atoms. The first-order valence-electron chi connectivity index (χ1n) is 8.36. The average Bonchev–Trinajstić information content (AvgIpc) is 3.20. The molecule has 1 aliphatic rings. The van der Waals surface area contributed by atoms with Gasteiger partial charge in [-0.15, -0.1) is 5.10 Å². The van der Waals surface area contributed by atoms with Gasteiger partial charge in [0.2, 0.25) is 20.1 Å². The van der Waals surface area contributed by atoms with Gasteiger partial charge in [0, 0.05) is 37.1 Å². The van der Waals surface area contributed by atoms with Gasteiger partial charge >= 0.3 is 0 Å². The van der Waals surface area contributed by atoms with Crippen LogP contribution in [-0.4, -0.2) is 57.7 Å². The Hall–Kier alpha value is -2.55. The second-order valence-electron chi connectivity index (χ2n) is 6.42. The quantitative estimate of drug-likeness (QED) is 0.702. The van der Waals surface area contributed by atoms with Crippen molar-refractivity contribution >= 4 is 31.5 Å². The van der Waals surface area contributed by atoms with E-state index in [1.807, 2.05) is 0 Å². The Labute approximate surface area is 160 Å². The summed E-state index contributed by atoms with van der Waals surface area (Å²) >= 11 is 1.44. The van der Waals surface area contributed by atoms with Gasteiger partial charge in [0.15, 0.2) is 0 Å². The molecule has 0 aromatic carbocycles. The van der Waals surface area contributed by atoms with Gasteiger partial charge in [0.25, 0.3) is 0 Å². The minimum atomic E-state index is -3.12. The molecule has 0 saturated carbocycles. The van der Waals surface area contributed by atoms with Gasteiger partial charge < -0.3 is 5.32 Å². The monoisotopic (exact) mass is 403 g/mol. The van der Waals surface area contributed by atoms with Gasteiger partial charge in [-0.2, -0.15) is 5.26 Å². The van der Waals surface area contributed by atoms with E-state index >= 15 is 0 Å². The number of fused-ring (bicyclic) bond motifs is 1. The molecule has 0 aliphatic carbocycles. The van der Waals surface area contributed by atoms with E-state index in [1.165, 1.54) is 28.1 Å². The number of anilines is 1. The van der Waals surface area contributed by atoms with Crippen molar-refractivity contribution in [3.05, 3.63) is 30.2 Å². The predicted molar refractivity (Wildman–Crippen MR) is 102 cm³/mol. The smallest absolute Gasteiger partial charge is 0.214 e. The molecule has 9 nitrogen and oxygen atoms in total. The van der Waals surface area contributed by atoms with Gasteiger partial charge in [0.05, 0.1) is 23.7 Å². The van der Waals surface area contributed by atoms with Crippen molar-refractivity contribution in [2.24, 2.45) is 0 Å². The Kier molecular flexibility index (Phi) is 4.55. The SMILES string of the molecule is CS(=O)(=O)N1CCC(Nc2nn3cc(-c4cncc(C#N)c4)nc3s2)CC1. The largest absolute Gasteiger partial charge is 0.357 e. The Morgan fingerprint density at radius 2 is 2.11 bits per heavy atom. The van der Waals surface area contributed by atoms with Crippen LogP contribution in [0, 0.1) is 11.3 Å². The third-order valence-corrected chi connectivity index (χ3v) is 6.61. The number of nitrogens with one attached hydrogen (secondary N) is 1. The minimum Gasteiger partial charge on any atom is -0.357 e. The number of hydrogen-bond acceptors (Lipinski definition) is 8. The number of aromatic nitrogens is 4. The van der Waals surface area contributed by atoms with Crippen molar-refractivity contribution in [3.63, 3.8) is 0 Å². The van der Waals surface area contributed by atoms with Crippen LogP contribution in [0.4, 0.5) is 5.13 Å². The van der Waals surface area contributed by atoms with Crippen molar-refractivity contribution in [1.82, 2.24) is 23.9 Å². The lowest BCUT2D eigenvalue weighted by atomic mass is 10.1. The van der Waals surface area contributed by atoms with Crippen molar-refractivity contribution < 1.29 is 8.42 Å². The highest BCUT2D eigenvalue weighted by atomic mass is 32.2. The van der Waals surface area contributed by atoms with E-state index < -0.39 is 10.0 Å². The molecule has 11 heteroatoms. The van der Waals surface area contributed by atoms with Crippen molar-refractivity contribution in [3.8, 4) is 17.3 Å². The molecule has 0 spiro atoms. The lowest BCUT2D eigenvalue weighted by molar-refractivity contribution is 0.332. The first-order chi connectivity index (χ1) is 12.9. The van der Waals surface area contributed by atoms with Gasteiger partial charge in [-0.1, -0.05) is 11.3 Å². The number of pyridine rings is 1. The summed E-state index contributed by atoms with van der Waals surface area (Å²) in [5.41, 5.74) is 1.97. The maximum atomic E-state index is 11.6. The van der Waals surface area contributed by atoms with Crippen LogP contribution in [0.5, 0.6) is 0 Å². The van der Waals surface area contributed by atoms with Crippen LogP contribution in [0.1, 0.15) is 18.4 Å². The zero-order valence-electron chi connectivity index (χ0n) is 14.5. The molecule has 0 amide bonds. The van der Waals surface area contributed by atoms with Crippen LogP contribution in [-0.2, 0) is 10.0 Å². The summed E-state index contributed by atoms with van der Waals surface area (Å²) in [6, 6.07) is 4.00. The highest BCUT2D eigenvalue weighted by Gasteiger charge is 2.25. The molecule has 4 heterocycles. The average molecular weight is 403 g/mol. The summed E-state index contributed by atoms with van der Waals surface area (Å²) < 4.78 is 26.4. The molecule has 0 unspecified atom stereocenters. The van der Waals surface area contributed by atoms with Crippen molar-refractivity contribution in [2.45, 2.75) is 18.9 Å². The molecule has 27 heavy (non-hydrogen) atoms. The maximum Gasteiger partial charge on any atom is 0.214 e. The number of piperidine rings is 1. The molecule has 3 aromatic heterocycles. The number of imidazole rings is 1. The fraction of sp³-hybridized carbons (Fsp3) is 0.375. The second-order valence-corrected chi connectivity index (χ2v) is 9.35. The van der Waals surface area contributed by atoms with E-state index in [0.29, 0.717) is 24.3 Å². The van der Waals surface area contributed by atoms with Gasteiger partial charge in [-0.3, -0.25) is 4.98 Å². The topological polar surface area (TPSA) is 116 Å². The van der Waals surface area contributed by atoms with Crippen LogP contribution < -0.4 is 5.32 Å². The van der Waals surface area contributed by atoms with Crippen molar-refractivity contribution in [1.29, 1.82) is 5.26 Å². The molecule has 4 rings (SSSR count). The second kappa shape index (κ2) is 6.88. The molecular weight excluding hydrogens is 386 g/mol. The fourth-order valence-electron chi connectivity index (χ4n) is 3.05. The Morgan fingerprint density at radius 3 is 2.78 bits per heavy atom. The van der Waals surface area contributed by atoms with E-state index in [4.69, 9.17) is 5.26 Å². The van der Waals surface area contributed by atoms with E-state index in [9.17, 15) is 8.42 Å².